The van der Waals surface area contributed by atoms with Gasteiger partial charge in [0.2, 0.25) is 5.91 Å². The Hall–Kier alpha value is -2.40. The van der Waals surface area contributed by atoms with E-state index in [4.69, 9.17) is 0 Å². The van der Waals surface area contributed by atoms with Crippen LogP contribution in [0.3, 0.4) is 0 Å². The summed E-state index contributed by atoms with van der Waals surface area (Å²) in [5.74, 6) is -0.152. The molecule has 4 nitrogen and oxygen atoms in total. The minimum absolute atomic E-state index is 0.0210. The molecule has 130 valence electrons. The monoisotopic (exact) mass is 354 g/mol. The van der Waals surface area contributed by atoms with Crippen LogP contribution >= 0.6 is 11.3 Å². The van der Waals surface area contributed by atoms with Gasteiger partial charge in [0, 0.05) is 35.3 Å². The maximum atomic E-state index is 13.0. The van der Waals surface area contributed by atoms with Gasteiger partial charge in [-0.25, -0.2) is 0 Å². The second-order valence-corrected chi connectivity index (χ2v) is 7.54. The third-order valence-corrected chi connectivity index (χ3v) is 5.36. The third-order valence-electron chi connectivity index (χ3n) is 4.34. The van der Waals surface area contributed by atoms with Gasteiger partial charge in [-0.3, -0.25) is 9.59 Å². The maximum Gasteiger partial charge on any atom is 0.254 e. The molecule has 1 aliphatic rings. The van der Waals surface area contributed by atoms with Gasteiger partial charge in [-0.05, 0) is 61.9 Å². The zero-order valence-corrected chi connectivity index (χ0v) is 15.6. The summed E-state index contributed by atoms with van der Waals surface area (Å²) >= 11 is 1.76. The fourth-order valence-corrected chi connectivity index (χ4v) is 3.92. The van der Waals surface area contributed by atoms with Crippen LogP contribution < -0.4 is 5.32 Å². The Morgan fingerprint density at radius 2 is 2.04 bits per heavy atom. The lowest BCUT2D eigenvalue weighted by molar-refractivity contribution is -0.112. The Kier molecular flexibility index (Phi) is 5.04. The summed E-state index contributed by atoms with van der Waals surface area (Å²) in [6, 6.07) is 7.58. The fourth-order valence-electron chi connectivity index (χ4n) is 3.03. The molecular weight excluding hydrogens is 332 g/mol. The smallest absolute Gasteiger partial charge is 0.254 e. The van der Waals surface area contributed by atoms with E-state index >= 15 is 0 Å². The molecule has 2 amide bonds. The van der Waals surface area contributed by atoms with Gasteiger partial charge in [0.25, 0.3) is 5.91 Å². The SMILES string of the molecule is CC(C)=CC(=O)Nc1cccc(C(=O)N2CCc3sccc3C2)c1C. The van der Waals surface area contributed by atoms with E-state index in [-0.39, 0.29) is 11.8 Å². The summed E-state index contributed by atoms with van der Waals surface area (Å²) in [6.07, 6.45) is 2.46. The quantitative estimate of drug-likeness (QED) is 0.842. The molecule has 1 aromatic carbocycles. The van der Waals surface area contributed by atoms with Crippen LogP contribution in [-0.4, -0.2) is 23.3 Å². The molecule has 1 aliphatic heterocycles. The van der Waals surface area contributed by atoms with Crippen molar-refractivity contribution in [1.82, 2.24) is 4.90 Å². The Bertz CT molecular complexity index is 847. The van der Waals surface area contributed by atoms with Crippen molar-refractivity contribution in [3.63, 3.8) is 0 Å². The molecule has 0 spiro atoms. The summed E-state index contributed by atoms with van der Waals surface area (Å²) in [7, 11) is 0. The third kappa shape index (κ3) is 3.82. The average molecular weight is 354 g/mol. The lowest BCUT2D eigenvalue weighted by Crippen LogP contribution is -2.35. The van der Waals surface area contributed by atoms with Crippen molar-refractivity contribution >= 4 is 28.8 Å². The van der Waals surface area contributed by atoms with E-state index in [2.05, 4.69) is 16.8 Å². The normalized spacial score (nSPS) is 13.2. The van der Waals surface area contributed by atoms with E-state index in [1.54, 1.807) is 17.4 Å². The summed E-state index contributed by atoms with van der Waals surface area (Å²) in [6.45, 7) is 7.03. The number of thiophene rings is 1. The van der Waals surface area contributed by atoms with Gasteiger partial charge in [0.1, 0.15) is 0 Å². The van der Waals surface area contributed by atoms with Crippen molar-refractivity contribution in [2.75, 3.05) is 11.9 Å². The highest BCUT2D eigenvalue weighted by atomic mass is 32.1. The van der Waals surface area contributed by atoms with Gasteiger partial charge in [-0.1, -0.05) is 11.6 Å². The number of benzene rings is 1. The number of nitrogens with zero attached hydrogens (tertiary/aromatic N) is 1. The number of amides is 2. The molecule has 1 N–H and O–H groups in total. The van der Waals surface area contributed by atoms with Crippen LogP contribution in [0.1, 0.15) is 40.2 Å². The van der Waals surface area contributed by atoms with Crippen LogP contribution in [0.2, 0.25) is 0 Å². The van der Waals surface area contributed by atoms with E-state index in [1.165, 1.54) is 10.4 Å². The van der Waals surface area contributed by atoms with Crippen molar-refractivity contribution in [3.8, 4) is 0 Å². The summed E-state index contributed by atoms with van der Waals surface area (Å²) in [5.41, 5.74) is 4.31. The molecule has 25 heavy (non-hydrogen) atoms. The van der Waals surface area contributed by atoms with Crippen LogP contribution in [0.15, 0.2) is 41.3 Å². The highest BCUT2D eigenvalue weighted by Gasteiger charge is 2.24. The first-order chi connectivity index (χ1) is 12.0. The number of anilines is 1. The number of allylic oxidation sites excluding steroid dienone is 1. The van der Waals surface area contributed by atoms with E-state index < -0.39 is 0 Å². The number of carbonyl (C=O) groups is 2. The first kappa shape index (κ1) is 17.4. The lowest BCUT2D eigenvalue weighted by atomic mass is 10.0. The van der Waals surface area contributed by atoms with Crippen LogP contribution in [0.25, 0.3) is 0 Å². The highest BCUT2D eigenvalue weighted by Crippen LogP contribution is 2.27. The van der Waals surface area contributed by atoms with Gasteiger partial charge in [-0.2, -0.15) is 0 Å². The maximum absolute atomic E-state index is 13.0. The molecule has 2 aromatic rings. The molecule has 0 saturated carbocycles. The van der Waals surface area contributed by atoms with Crippen LogP contribution in [0, 0.1) is 6.92 Å². The molecule has 2 heterocycles. The molecule has 1 aromatic heterocycles. The highest BCUT2D eigenvalue weighted by molar-refractivity contribution is 7.10. The predicted octanol–water partition coefficient (Wildman–Crippen LogP) is 4.16. The Morgan fingerprint density at radius 3 is 2.80 bits per heavy atom. The Labute approximate surface area is 152 Å². The second-order valence-electron chi connectivity index (χ2n) is 6.53. The van der Waals surface area contributed by atoms with Gasteiger partial charge in [-0.15, -0.1) is 11.3 Å². The van der Waals surface area contributed by atoms with Crippen LogP contribution in [-0.2, 0) is 17.8 Å². The molecule has 0 radical (unpaired) electrons. The zero-order valence-electron chi connectivity index (χ0n) is 14.8. The number of carbonyl (C=O) groups excluding carboxylic acids is 2. The molecule has 0 unspecified atom stereocenters. The number of rotatable bonds is 3. The van der Waals surface area contributed by atoms with Gasteiger partial charge >= 0.3 is 0 Å². The number of hydrogen-bond acceptors (Lipinski definition) is 3. The molecule has 0 fully saturated rings. The minimum atomic E-state index is -0.173. The fraction of sp³-hybridized carbons (Fsp3) is 0.300. The van der Waals surface area contributed by atoms with Gasteiger partial charge in [0.15, 0.2) is 0 Å². The van der Waals surface area contributed by atoms with Crippen LogP contribution in [0.5, 0.6) is 0 Å². The summed E-state index contributed by atoms with van der Waals surface area (Å²) in [5, 5.41) is 4.95. The van der Waals surface area contributed by atoms with Gasteiger partial charge < -0.3 is 10.2 Å². The predicted molar refractivity (Wildman–Crippen MR) is 102 cm³/mol. The second kappa shape index (κ2) is 7.23. The topological polar surface area (TPSA) is 49.4 Å². The molecule has 0 aliphatic carbocycles. The Balaban J connectivity index is 1.81. The summed E-state index contributed by atoms with van der Waals surface area (Å²) < 4.78 is 0. The van der Waals surface area contributed by atoms with Crippen molar-refractivity contribution in [2.45, 2.75) is 33.7 Å². The van der Waals surface area contributed by atoms with E-state index in [0.29, 0.717) is 17.8 Å². The van der Waals surface area contributed by atoms with E-state index in [9.17, 15) is 9.59 Å². The standard InChI is InChI=1S/C20H22N2O2S/c1-13(2)11-19(23)21-17-6-4-5-16(14(17)3)20(24)22-9-7-18-15(12-22)8-10-25-18/h4-6,8,10-11H,7,9,12H2,1-3H3,(H,21,23). The van der Waals surface area contributed by atoms with E-state index in [1.807, 2.05) is 43.9 Å². The first-order valence-electron chi connectivity index (χ1n) is 8.35. The van der Waals surface area contributed by atoms with Gasteiger partial charge in [0.05, 0.1) is 0 Å². The lowest BCUT2D eigenvalue weighted by Gasteiger charge is -2.28. The van der Waals surface area contributed by atoms with Crippen molar-refractivity contribution < 1.29 is 9.59 Å². The molecular formula is C20H22N2O2S. The molecule has 0 bridgehead atoms. The molecule has 3 rings (SSSR count). The Morgan fingerprint density at radius 1 is 1.24 bits per heavy atom. The summed E-state index contributed by atoms with van der Waals surface area (Å²) in [4.78, 5) is 28.2. The van der Waals surface area contributed by atoms with E-state index in [0.717, 1.165) is 24.1 Å². The molecule has 5 heteroatoms. The number of hydrogen-bond donors (Lipinski definition) is 1. The van der Waals surface area contributed by atoms with Crippen LogP contribution in [0.4, 0.5) is 5.69 Å². The molecule has 0 atom stereocenters. The van der Waals surface area contributed by atoms with Crippen molar-refractivity contribution in [3.05, 3.63) is 62.9 Å². The number of fused-ring (bicyclic) bond motifs is 1. The first-order valence-corrected chi connectivity index (χ1v) is 9.23. The molecule has 0 saturated heterocycles. The average Bonchev–Trinajstić information content (AvgIpc) is 3.03. The minimum Gasteiger partial charge on any atom is -0.334 e. The zero-order chi connectivity index (χ0) is 18.0. The number of nitrogens with one attached hydrogen (secondary N) is 1. The largest absolute Gasteiger partial charge is 0.334 e. The van der Waals surface area contributed by atoms with Crippen molar-refractivity contribution in [1.29, 1.82) is 0 Å². The van der Waals surface area contributed by atoms with Crippen molar-refractivity contribution in [2.24, 2.45) is 0 Å².